The topological polar surface area (TPSA) is 109 Å². The number of ether oxygens (including phenoxy) is 3. The maximum atomic E-state index is 12.8. The van der Waals surface area contributed by atoms with Gasteiger partial charge in [-0.3, -0.25) is 0 Å². The van der Waals surface area contributed by atoms with Crippen molar-refractivity contribution in [2.45, 2.75) is 36.7 Å². The standard InChI is InChI=1S/C8H6F12O5.C2H6O2/c9-3(10,1-21)23-5(13,14)7(17,18)25-8(19,20)6(15,16)24-4(11,12)2-22;3-1-2-4/h21-22H,1-2H2;3-4H,1-2H2. The Bertz CT molecular complexity index is 446. The number of hydrogen-bond donors (Lipinski definition) is 4. The second-order valence-electron chi connectivity index (χ2n) is 4.41. The number of aliphatic hydroxyl groups excluding tert-OH is 4. The molecule has 0 radical (unpaired) electrons. The van der Waals surface area contributed by atoms with Gasteiger partial charge in [-0.25, -0.2) is 14.2 Å². The zero-order valence-electron chi connectivity index (χ0n) is 13.4. The summed E-state index contributed by atoms with van der Waals surface area (Å²) in [5.41, 5.74) is 0. The Kier molecular flexibility index (Phi) is 10.6. The molecule has 0 bridgehead atoms. The summed E-state index contributed by atoms with van der Waals surface area (Å²) < 4.78 is 157. The van der Waals surface area contributed by atoms with Crippen molar-refractivity contribution in [3.05, 3.63) is 0 Å². The molecule has 0 aliphatic carbocycles. The summed E-state index contributed by atoms with van der Waals surface area (Å²) in [5, 5.41) is 31.0. The lowest BCUT2D eigenvalue weighted by Gasteiger charge is -2.33. The van der Waals surface area contributed by atoms with Crippen molar-refractivity contribution in [2.75, 3.05) is 26.4 Å². The molecule has 0 aromatic carbocycles. The summed E-state index contributed by atoms with van der Waals surface area (Å²) >= 11 is 0. The zero-order valence-corrected chi connectivity index (χ0v) is 13.4. The maximum Gasteiger partial charge on any atom is 0.453 e. The van der Waals surface area contributed by atoms with Gasteiger partial charge in [-0.2, -0.15) is 52.7 Å². The van der Waals surface area contributed by atoms with Crippen molar-refractivity contribution in [3.8, 4) is 0 Å². The van der Waals surface area contributed by atoms with Crippen molar-refractivity contribution in [3.63, 3.8) is 0 Å². The van der Waals surface area contributed by atoms with Crippen LogP contribution < -0.4 is 0 Å². The summed E-state index contributed by atoms with van der Waals surface area (Å²) in [6.07, 6.45) is -38.3. The third kappa shape index (κ3) is 9.49. The molecule has 0 aromatic rings. The van der Waals surface area contributed by atoms with Crippen LogP contribution in [0.5, 0.6) is 0 Å². The van der Waals surface area contributed by atoms with E-state index in [-0.39, 0.29) is 13.2 Å². The van der Waals surface area contributed by atoms with Crippen LogP contribution in [0.3, 0.4) is 0 Å². The van der Waals surface area contributed by atoms with E-state index in [0.29, 0.717) is 0 Å². The molecule has 0 aliphatic heterocycles. The van der Waals surface area contributed by atoms with E-state index in [1.54, 1.807) is 4.74 Å². The minimum absolute atomic E-state index is 0.125. The van der Waals surface area contributed by atoms with Crippen molar-refractivity contribution in [1.82, 2.24) is 0 Å². The largest absolute Gasteiger partial charge is 0.453 e. The lowest BCUT2D eigenvalue weighted by atomic mass is 10.5. The molecule has 0 amide bonds. The van der Waals surface area contributed by atoms with Crippen LogP contribution in [0, 0.1) is 0 Å². The van der Waals surface area contributed by atoms with Gasteiger partial charge < -0.3 is 20.4 Å². The van der Waals surface area contributed by atoms with Gasteiger partial charge in [-0.1, -0.05) is 0 Å². The molecular formula is C10H12F12O7. The van der Waals surface area contributed by atoms with Gasteiger partial charge in [0, 0.05) is 0 Å². The molecule has 178 valence electrons. The summed E-state index contributed by atoms with van der Waals surface area (Å²) in [5.74, 6) is 0. The minimum Gasteiger partial charge on any atom is -0.394 e. The summed E-state index contributed by atoms with van der Waals surface area (Å²) in [7, 11) is 0. The molecular weight excluding hydrogens is 460 g/mol. The zero-order chi connectivity index (χ0) is 23.9. The highest BCUT2D eigenvalue weighted by Crippen LogP contribution is 2.48. The van der Waals surface area contributed by atoms with Gasteiger partial charge in [0.15, 0.2) is 0 Å². The average Bonchev–Trinajstić information content (AvgIpc) is 2.52. The highest BCUT2D eigenvalue weighted by Gasteiger charge is 2.73. The number of aliphatic hydroxyl groups is 4. The van der Waals surface area contributed by atoms with E-state index in [0.717, 1.165) is 0 Å². The molecule has 29 heavy (non-hydrogen) atoms. The van der Waals surface area contributed by atoms with Crippen molar-refractivity contribution in [2.24, 2.45) is 0 Å². The summed E-state index contributed by atoms with van der Waals surface area (Å²) in [4.78, 5) is 0. The Morgan fingerprint density at radius 1 is 0.414 bits per heavy atom. The van der Waals surface area contributed by atoms with Gasteiger partial charge in [0.25, 0.3) is 0 Å². The number of hydrogen-bond acceptors (Lipinski definition) is 7. The maximum absolute atomic E-state index is 12.8. The fourth-order valence-corrected chi connectivity index (χ4v) is 0.838. The molecule has 0 atom stereocenters. The quantitative estimate of drug-likeness (QED) is 0.338. The van der Waals surface area contributed by atoms with E-state index in [4.69, 9.17) is 20.4 Å². The Balaban J connectivity index is 0. The first-order chi connectivity index (χ1) is 12.7. The van der Waals surface area contributed by atoms with E-state index in [9.17, 15) is 52.7 Å². The Morgan fingerprint density at radius 3 is 0.793 bits per heavy atom. The molecule has 0 unspecified atom stereocenters. The van der Waals surface area contributed by atoms with Crippen LogP contribution in [0.1, 0.15) is 0 Å². The van der Waals surface area contributed by atoms with Crippen LogP contribution in [-0.2, 0) is 14.2 Å². The fourth-order valence-electron chi connectivity index (χ4n) is 0.838. The molecule has 7 nitrogen and oxygen atoms in total. The van der Waals surface area contributed by atoms with Crippen LogP contribution in [0.2, 0.25) is 0 Å². The molecule has 19 heteroatoms. The van der Waals surface area contributed by atoms with Gasteiger partial charge in [0.1, 0.15) is 13.2 Å². The number of alkyl halides is 12. The molecule has 0 aliphatic rings. The van der Waals surface area contributed by atoms with Crippen LogP contribution in [0.4, 0.5) is 52.7 Å². The van der Waals surface area contributed by atoms with Gasteiger partial charge in [-0.15, -0.1) is 0 Å². The molecule has 0 saturated carbocycles. The van der Waals surface area contributed by atoms with Crippen LogP contribution >= 0.6 is 0 Å². The molecule has 0 heterocycles. The average molecular weight is 472 g/mol. The SMILES string of the molecule is OCC(F)(F)OC(F)(F)C(F)(F)OC(F)(F)C(F)(F)OC(F)(F)CO.OCCO. The van der Waals surface area contributed by atoms with Crippen LogP contribution in [0.15, 0.2) is 0 Å². The highest BCUT2D eigenvalue weighted by molar-refractivity contribution is 4.76. The second kappa shape index (κ2) is 10.3. The Morgan fingerprint density at radius 2 is 0.621 bits per heavy atom. The van der Waals surface area contributed by atoms with E-state index < -0.39 is 49.9 Å². The third-order valence-electron chi connectivity index (χ3n) is 1.96. The Labute approximate surface area is 152 Å². The second-order valence-corrected chi connectivity index (χ2v) is 4.41. The van der Waals surface area contributed by atoms with E-state index in [1.807, 2.05) is 9.47 Å². The van der Waals surface area contributed by atoms with Gasteiger partial charge in [0.05, 0.1) is 13.2 Å². The predicted molar refractivity (Wildman–Crippen MR) is 61.3 cm³/mol. The fraction of sp³-hybridized carbons (Fsp3) is 1.00. The molecule has 0 fully saturated rings. The van der Waals surface area contributed by atoms with E-state index in [2.05, 4.69) is 0 Å². The number of rotatable bonds is 11. The lowest BCUT2D eigenvalue weighted by molar-refractivity contribution is -0.558. The monoisotopic (exact) mass is 472 g/mol. The van der Waals surface area contributed by atoms with E-state index >= 15 is 0 Å². The van der Waals surface area contributed by atoms with Gasteiger partial charge >= 0.3 is 36.7 Å². The van der Waals surface area contributed by atoms with Crippen LogP contribution in [0.25, 0.3) is 0 Å². The van der Waals surface area contributed by atoms with Gasteiger partial charge in [0.2, 0.25) is 0 Å². The van der Waals surface area contributed by atoms with E-state index in [1.165, 1.54) is 0 Å². The normalized spacial score (nSPS) is 14.5. The van der Waals surface area contributed by atoms with Gasteiger partial charge in [-0.05, 0) is 0 Å². The molecule has 4 N–H and O–H groups in total. The molecule has 0 spiro atoms. The Hall–Kier alpha value is -1.12. The number of halogens is 12. The third-order valence-corrected chi connectivity index (χ3v) is 1.96. The molecule has 0 saturated heterocycles. The molecule has 0 rings (SSSR count). The van der Waals surface area contributed by atoms with Crippen molar-refractivity contribution in [1.29, 1.82) is 0 Å². The predicted octanol–water partition coefficient (Wildman–Crippen LogP) is 1.55. The lowest BCUT2D eigenvalue weighted by Crippen LogP contribution is -2.57. The van der Waals surface area contributed by atoms with Crippen molar-refractivity contribution >= 4 is 0 Å². The summed E-state index contributed by atoms with van der Waals surface area (Å²) in [6, 6.07) is 0. The first-order valence-corrected chi connectivity index (χ1v) is 6.46. The van der Waals surface area contributed by atoms with Crippen LogP contribution in [-0.4, -0.2) is 83.5 Å². The smallest absolute Gasteiger partial charge is 0.394 e. The first-order valence-electron chi connectivity index (χ1n) is 6.46. The first kappa shape index (κ1) is 30.1. The highest BCUT2D eigenvalue weighted by atomic mass is 19.4. The van der Waals surface area contributed by atoms with Crippen molar-refractivity contribution < 1.29 is 87.3 Å². The summed E-state index contributed by atoms with van der Waals surface area (Å²) in [6.45, 7) is -5.56. The minimum atomic E-state index is -6.95. The molecule has 0 aromatic heterocycles.